The van der Waals surface area contributed by atoms with Gasteiger partial charge in [0.15, 0.2) is 0 Å². The maximum absolute atomic E-state index is 13.3. The zero-order chi connectivity index (χ0) is 13.4. The summed E-state index contributed by atoms with van der Waals surface area (Å²) < 4.78 is 13.3. The van der Waals surface area contributed by atoms with Crippen molar-refractivity contribution in [2.24, 2.45) is 0 Å². The molecule has 0 radical (unpaired) electrons. The Morgan fingerprint density at radius 2 is 1.89 bits per heavy atom. The minimum Gasteiger partial charge on any atom is -1.00 e. The molecule has 1 aromatic carbocycles. The van der Waals surface area contributed by atoms with Gasteiger partial charge >= 0.3 is 0 Å². The fourth-order valence-electron chi connectivity index (χ4n) is 1.88. The molecule has 19 heavy (non-hydrogen) atoms. The van der Waals surface area contributed by atoms with Crippen molar-refractivity contribution >= 4 is 5.91 Å². The van der Waals surface area contributed by atoms with E-state index in [1.165, 1.54) is 17.0 Å². The monoisotopic (exact) mass is 288 g/mol. The van der Waals surface area contributed by atoms with E-state index < -0.39 is 5.82 Å². The van der Waals surface area contributed by atoms with E-state index in [1.807, 2.05) is 0 Å². The Labute approximate surface area is 120 Å². The van der Waals surface area contributed by atoms with E-state index in [9.17, 15) is 9.18 Å². The van der Waals surface area contributed by atoms with Crippen LogP contribution in [0.15, 0.2) is 24.3 Å². The summed E-state index contributed by atoms with van der Waals surface area (Å²) in [5.74, 6) is -0.799. The Kier molecular flexibility index (Phi) is 9.17. The minimum atomic E-state index is -0.468. The van der Waals surface area contributed by atoms with Crippen LogP contribution in [0.2, 0.25) is 0 Å². The standard InChI is InChI=1S/C14H21FN2O.ClH/c1-3-17(4-2)11-7-10-16-14(18)12-8-5-6-9-13(12)15;/h5-6,8-9H,3-4,7,10-11H2,1-2H3,(H,16,18);1H. The van der Waals surface area contributed by atoms with Crippen LogP contribution < -0.4 is 22.6 Å². The summed E-state index contributed by atoms with van der Waals surface area (Å²) in [6, 6.07) is 6.04. The smallest absolute Gasteiger partial charge is 0.254 e. The molecule has 0 aliphatic carbocycles. The molecule has 1 aromatic rings. The average molecular weight is 289 g/mol. The van der Waals surface area contributed by atoms with Gasteiger partial charge in [-0.25, -0.2) is 4.39 Å². The van der Waals surface area contributed by atoms with Crippen LogP contribution in [-0.4, -0.2) is 32.1 Å². The molecule has 0 heterocycles. The number of carbonyl (C=O) groups is 1. The lowest BCUT2D eigenvalue weighted by Gasteiger charge is -2.15. The van der Waals surface area contributed by atoms with E-state index in [0.29, 0.717) is 6.54 Å². The summed E-state index contributed by atoms with van der Waals surface area (Å²) in [7, 11) is 0. The number of hydrogen-bond donors (Lipinski definition) is 2. The maximum Gasteiger partial charge on any atom is 0.254 e. The number of benzene rings is 1. The van der Waals surface area contributed by atoms with Gasteiger partial charge in [0.25, 0.3) is 5.91 Å². The van der Waals surface area contributed by atoms with Crippen LogP contribution in [-0.2, 0) is 0 Å². The van der Waals surface area contributed by atoms with E-state index >= 15 is 0 Å². The molecule has 0 aliphatic heterocycles. The lowest BCUT2D eigenvalue weighted by molar-refractivity contribution is -0.896. The first-order valence-corrected chi connectivity index (χ1v) is 6.55. The van der Waals surface area contributed by atoms with Gasteiger partial charge in [-0.15, -0.1) is 0 Å². The van der Waals surface area contributed by atoms with Gasteiger partial charge < -0.3 is 22.6 Å². The second kappa shape index (κ2) is 9.75. The quantitative estimate of drug-likeness (QED) is 0.553. The van der Waals surface area contributed by atoms with Gasteiger partial charge in [-0.2, -0.15) is 0 Å². The normalized spacial score (nSPS) is 10.1. The molecule has 0 atom stereocenters. The number of quaternary nitrogens is 1. The Morgan fingerprint density at radius 3 is 2.47 bits per heavy atom. The molecule has 108 valence electrons. The molecule has 0 unspecified atom stereocenters. The molecule has 2 N–H and O–H groups in total. The zero-order valence-corrected chi connectivity index (χ0v) is 12.3. The molecule has 0 bridgehead atoms. The van der Waals surface area contributed by atoms with E-state index in [-0.39, 0.29) is 23.9 Å². The zero-order valence-electron chi connectivity index (χ0n) is 11.5. The molecule has 0 aromatic heterocycles. The van der Waals surface area contributed by atoms with Crippen LogP contribution in [0, 0.1) is 5.82 Å². The fraction of sp³-hybridized carbons (Fsp3) is 0.500. The lowest BCUT2D eigenvalue weighted by Crippen LogP contribution is -3.11. The van der Waals surface area contributed by atoms with Crippen molar-refractivity contribution in [3.63, 3.8) is 0 Å². The van der Waals surface area contributed by atoms with Crippen molar-refractivity contribution in [1.29, 1.82) is 0 Å². The second-order valence-corrected chi connectivity index (χ2v) is 4.30. The van der Waals surface area contributed by atoms with E-state index in [1.54, 1.807) is 12.1 Å². The molecular weight excluding hydrogens is 267 g/mol. The Morgan fingerprint density at radius 1 is 1.26 bits per heavy atom. The van der Waals surface area contributed by atoms with Gasteiger partial charge in [0.1, 0.15) is 5.82 Å². The van der Waals surface area contributed by atoms with E-state index in [4.69, 9.17) is 0 Å². The Hall–Kier alpha value is -1.13. The van der Waals surface area contributed by atoms with Crippen LogP contribution in [0.3, 0.4) is 0 Å². The maximum atomic E-state index is 13.3. The van der Waals surface area contributed by atoms with Gasteiger partial charge in [-0.05, 0) is 26.0 Å². The molecule has 1 rings (SSSR count). The van der Waals surface area contributed by atoms with E-state index in [2.05, 4.69) is 19.2 Å². The highest BCUT2D eigenvalue weighted by Gasteiger charge is 2.10. The van der Waals surface area contributed by atoms with Crippen LogP contribution in [0.4, 0.5) is 4.39 Å². The molecule has 5 heteroatoms. The summed E-state index contributed by atoms with van der Waals surface area (Å²) in [5.41, 5.74) is 0.118. The predicted molar refractivity (Wildman–Crippen MR) is 70.3 cm³/mol. The molecule has 0 aliphatic rings. The SMILES string of the molecule is CC[NH+](CC)CCCNC(=O)c1ccccc1F.[Cl-]. The Bertz CT molecular complexity index is 383. The van der Waals surface area contributed by atoms with E-state index in [0.717, 1.165) is 26.1 Å². The molecule has 0 saturated carbocycles. The topological polar surface area (TPSA) is 33.5 Å². The van der Waals surface area contributed by atoms with Crippen LogP contribution in [0.1, 0.15) is 30.6 Å². The number of nitrogens with one attached hydrogen (secondary N) is 2. The summed E-state index contributed by atoms with van der Waals surface area (Å²) in [6.45, 7) is 8.12. The largest absolute Gasteiger partial charge is 1.00 e. The summed E-state index contributed by atoms with van der Waals surface area (Å²) in [5, 5.41) is 2.75. The lowest BCUT2D eigenvalue weighted by atomic mass is 10.2. The third-order valence-corrected chi connectivity index (χ3v) is 3.11. The first-order valence-electron chi connectivity index (χ1n) is 6.55. The minimum absolute atomic E-state index is 0. The van der Waals surface area contributed by atoms with Crippen LogP contribution in [0.25, 0.3) is 0 Å². The van der Waals surface area contributed by atoms with Crippen molar-refractivity contribution < 1.29 is 26.5 Å². The van der Waals surface area contributed by atoms with Crippen LogP contribution >= 0.6 is 0 Å². The highest BCUT2D eigenvalue weighted by molar-refractivity contribution is 5.94. The van der Waals surface area contributed by atoms with Gasteiger partial charge in [0.2, 0.25) is 0 Å². The number of amides is 1. The number of halogens is 2. The third kappa shape index (κ3) is 6.03. The molecular formula is C14H22ClFN2O. The second-order valence-electron chi connectivity index (χ2n) is 4.30. The van der Waals surface area contributed by atoms with Crippen molar-refractivity contribution in [2.45, 2.75) is 20.3 Å². The fourth-order valence-corrected chi connectivity index (χ4v) is 1.88. The molecule has 0 fully saturated rings. The highest BCUT2D eigenvalue weighted by atomic mass is 35.5. The van der Waals surface area contributed by atoms with Gasteiger partial charge in [-0.1, -0.05) is 12.1 Å². The Balaban J connectivity index is 0.00000324. The summed E-state index contributed by atoms with van der Waals surface area (Å²) >= 11 is 0. The van der Waals surface area contributed by atoms with Crippen molar-refractivity contribution in [1.82, 2.24) is 5.32 Å². The average Bonchev–Trinajstić information content (AvgIpc) is 2.39. The number of hydrogen-bond acceptors (Lipinski definition) is 1. The van der Waals surface area contributed by atoms with Crippen molar-refractivity contribution in [3.05, 3.63) is 35.6 Å². The first-order chi connectivity index (χ1) is 8.69. The van der Waals surface area contributed by atoms with Gasteiger partial charge in [-0.3, -0.25) is 4.79 Å². The third-order valence-electron chi connectivity index (χ3n) is 3.11. The van der Waals surface area contributed by atoms with Crippen molar-refractivity contribution in [3.8, 4) is 0 Å². The molecule has 0 spiro atoms. The van der Waals surface area contributed by atoms with Crippen molar-refractivity contribution in [2.75, 3.05) is 26.2 Å². The summed E-state index contributed by atoms with van der Waals surface area (Å²) in [6.07, 6.45) is 0.914. The van der Waals surface area contributed by atoms with Gasteiger partial charge in [0, 0.05) is 13.0 Å². The number of carbonyl (C=O) groups excluding carboxylic acids is 1. The first kappa shape index (κ1) is 17.9. The van der Waals surface area contributed by atoms with Gasteiger partial charge in [0.05, 0.1) is 25.2 Å². The highest BCUT2D eigenvalue weighted by Crippen LogP contribution is 2.05. The molecule has 0 saturated heterocycles. The number of rotatable bonds is 7. The van der Waals surface area contributed by atoms with Crippen LogP contribution in [0.5, 0.6) is 0 Å². The molecule has 1 amide bonds. The molecule has 3 nitrogen and oxygen atoms in total. The predicted octanol–water partition coefficient (Wildman–Crippen LogP) is -2.13. The summed E-state index contributed by atoms with van der Waals surface area (Å²) in [4.78, 5) is 13.2.